The molecule has 0 unspecified atom stereocenters. The number of aryl methyl sites for hydroxylation is 1. The molecule has 1 N–H and O–H groups in total. The molecule has 0 spiro atoms. The predicted molar refractivity (Wildman–Crippen MR) is 79.6 cm³/mol. The van der Waals surface area contributed by atoms with Crippen LogP contribution in [-0.2, 0) is 17.6 Å². The lowest BCUT2D eigenvalue weighted by molar-refractivity contribution is -0.118. The van der Waals surface area contributed by atoms with Gasteiger partial charge >= 0.3 is 0 Å². The average Bonchev–Trinajstić information content (AvgIpc) is 3.08. The van der Waals surface area contributed by atoms with Crippen molar-refractivity contribution in [1.82, 2.24) is 20.1 Å². The molecule has 108 valence electrons. The van der Waals surface area contributed by atoms with Crippen molar-refractivity contribution in [3.8, 4) is 0 Å². The first-order valence-electron chi connectivity index (χ1n) is 6.09. The van der Waals surface area contributed by atoms with E-state index in [0.717, 1.165) is 22.4 Å². The molecular weight excluding hydrogens is 296 g/mol. The normalized spacial score (nSPS) is 10.7. The first-order valence-corrected chi connectivity index (χ1v) is 8.23. The first kappa shape index (κ1) is 15.0. The van der Waals surface area contributed by atoms with Crippen LogP contribution in [0.1, 0.15) is 5.76 Å². The third-order valence-electron chi connectivity index (χ3n) is 2.40. The Morgan fingerprint density at radius 2 is 2.45 bits per heavy atom. The van der Waals surface area contributed by atoms with E-state index in [1.54, 1.807) is 28.9 Å². The van der Waals surface area contributed by atoms with E-state index in [9.17, 15) is 4.79 Å². The van der Waals surface area contributed by atoms with Gasteiger partial charge in [-0.1, -0.05) is 11.8 Å². The van der Waals surface area contributed by atoms with Gasteiger partial charge in [-0.3, -0.25) is 4.79 Å². The van der Waals surface area contributed by atoms with Crippen molar-refractivity contribution in [2.24, 2.45) is 7.05 Å². The zero-order valence-corrected chi connectivity index (χ0v) is 12.7. The Balaban J connectivity index is 1.53. The summed E-state index contributed by atoms with van der Waals surface area (Å²) in [6.45, 7) is 0.656. The SMILES string of the molecule is Cn1cnnc1SCC(=O)NCCSCc1ccco1. The molecule has 2 aromatic heterocycles. The molecule has 1 amide bonds. The molecule has 0 saturated heterocycles. The highest BCUT2D eigenvalue weighted by Crippen LogP contribution is 2.13. The number of rotatable bonds is 8. The summed E-state index contributed by atoms with van der Waals surface area (Å²) in [5.74, 6) is 3.02. The molecule has 0 atom stereocenters. The second-order valence-electron chi connectivity index (χ2n) is 3.99. The van der Waals surface area contributed by atoms with Crippen molar-refractivity contribution in [3.05, 3.63) is 30.5 Å². The van der Waals surface area contributed by atoms with Gasteiger partial charge in [0, 0.05) is 19.3 Å². The summed E-state index contributed by atoms with van der Waals surface area (Å²) >= 11 is 3.11. The highest BCUT2D eigenvalue weighted by atomic mass is 32.2. The molecule has 6 nitrogen and oxygen atoms in total. The summed E-state index contributed by atoms with van der Waals surface area (Å²) in [4.78, 5) is 11.6. The monoisotopic (exact) mass is 312 g/mol. The molecular formula is C12H16N4O2S2. The Labute approximate surface area is 125 Å². The van der Waals surface area contributed by atoms with Crippen molar-refractivity contribution in [2.45, 2.75) is 10.9 Å². The molecule has 0 radical (unpaired) electrons. The fraction of sp³-hybridized carbons (Fsp3) is 0.417. The summed E-state index contributed by atoms with van der Waals surface area (Å²) in [7, 11) is 1.85. The van der Waals surface area contributed by atoms with Gasteiger partial charge in [-0.2, -0.15) is 11.8 Å². The highest BCUT2D eigenvalue weighted by Gasteiger charge is 2.06. The zero-order chi connectivity index (χ0) is 14.2. The minimum absolute atomic E-state index is 0.0107. The smallest absolute Gasteiger partial charge is 0.230 e. The van der Waals surface area contributed by atoms with Gasteiger partial charge in [0.05, 0.1) is 17.8 Å². The summed E-state index contributed by atoms with van der Waals surface area (Å²) < 4.78 is 7.01. The summed E-state index contributed by atoms with van der Waals surface area (Å²) in [5, 5.41) is 11.3. The van der Waals surface area contributed by atoms with Crippen LogP contribution in [0.5, 0.6) is 0 Å². The van der Waals surface area contributed by atoms with Crippen LogP contribution in [0.2, 0.25) is 0 Å². The minimum Gasteiger partial charge on any atom is -0.468 e. The first-order chi connectivity index (χ1) is 9.75. The van der Waals surface area contributed by atoms with Crippen molar-refractivity contribution in [3.63, 3.8) is 0 Å². The Morgan fingerprint density at radius 3 is 3.15 bits per heavy atom. The standard InChI is InChI=1S/C12H16N4O2S2/c1-16-9-14-15-12(16)20-8-11(17)13-4-6-19-7-10-3-2-5-18-10/h2-3,5,9H,4,6-8H2,1H3,(H,13,17). The van der Waals surface area contributed by atoms with E-state index in [2.05, 4.69) is 15.5 Å². The van der Waals surface area contributed by atoms with E-state index < -0.39 is 0 Å². The van der Waals surface area contributed by atoms with Crippen LogP contribution in [-0.4, -0.2) is 38.7 Å². The Bertz CT molecular complexity index is 527. The van der Waals surface area contributed by atoms with Crippen LogP contribution in [0.25, 0.3) is 0 Å². The van der Waals surface area contributed by atoms with Crippen LogP contribution in [0.3, 0.4) is 0 Å². The van der Waals surface area contributed by atoms with Gasteiger partial charge in [-0.25, -0.2) is 0 Å². The summed E-state index contributed by atoms with van der Waals surface area (Å²) in [6.07, 6.45) is 3.28. The lowest BCUT2D eigenvalue weighted by Gasteiger charge is -2.04. The maximum atomic E-state index is 11.6. The van der Waals surface area contributed by atoms with Gasteiger partial charge in [0.25, 0.3) is 0 Å². The quantitative estimate of drug-likeness (QED) is 0.589. The number of furan rings is 1. The number of thioether (sulfide) groups is 2. The lowest BCUT2D eigenvalue weighted by Crippen LogP contribution is -2.27. The number of nitrogens with one attached hydrogen (secondary N) is 1. The largest absolute Gasteiger partial charge is 0.468 e. The molecule has 2 aromatic rings. The van der Waals surface area contributed by atoms with Crippen molar-refractivity contribution in [1.29, 1.82) is 0 Å². The van der Waals surface area contributed by atoms with Gasteiger partial charge in [0.1, 0.15) is 12.1 Å². The minimum atomic E-state index is 0.0107. The number of aromatic nitrogens is 3. The summed E-state index contributed by atoms with van der Waals surface area (Å²) in [5.41, 5.74) is 0. The van der Waals surface area contributed by atoms with E-state index in [0.29, 0.717) is 12.3 Å². The number of hydrogen-bond donors (Lipinski definition) is 1. The topological polar surface area (TPSA) is 73.0 Å². The van der Waals surface area contributed by atoms with Crippen LogP contribution in [0.4, 0.5) is 0 Å². The van der Waals surface area contributed by atoms with Crippen LogP contribution >= 0.6 is 23.5 Å². The van der Waals surface area contributed by atoms with Crippen LogP contribution < -0.4 is 5.32 Å². The maximum absolute atomic E-state index is 11.6. The molecule has 0 bridgehead atoms. The predicted octanol–water partition coefficient (Wildman–Crippen LogP) is 1.55. The van der Waals surface area contributed by atoms with Gasteiger partial charge in [0.15, 0.2) is 5.16 Å². The number of amides is 1. The number of carbonyl (C=O) groups is 1. The Morgan fingerprint density at radius 1 is 1.55 bits per heavy atom. The van der Waals surface area contributed by atoms with Crippen LogP contribution in [0, 0.1) is 0 Å². The van der Waals surface area contributed by atoms with Crippen LogP contribution in [0.15, 0.2) is 34.3 Å². The molecule has 0 fully saturated rings. The number of carbonyl (C=O) groups excluding carboxylic acids is 1. The fourth-order valence-electron chi connectivity index (χ4n) is 1.41. The third-order valence-corrected chi connectivity index (χ3v) is 4.41. The summed E-state index contributed by atoms with van der Waals surface area (Å²) in [6, 6.07) is 3.82. The highest BCUT2D eigenvalue weighted by molar-refractivity contribution is 7.99. The van der Waals surface area contributed by atoms with Crippen molar-refractivity contribution in [2.75, 3.05) is 18.1 Å². The second kappa shape index (κ2) is 8.01. The molecule has 0 aliphatic rings. The average molecular weight is 312 g/mol. The van der Waals surface area contributed by atoms with E-state index >= 15 is 0 Å². The van der Waals surface area contributed by atoms with Crippen molar-refractivity contribution >= 4 is 29.4 Å². The van der Waals surface area contributed by atoms with Gasteiger partial charge < -0.3 is 14.3 Å². The fourth-order valence-corrected chi connectivity index (χ4v) is 2.89. The molecule has 2 rings (SSSR count). The van der Waals surface area contributed by atoms with Gasteiger partial charge in [0.2, 0.25) is 5.91 Å². The molecule has 0 aromatic carbocycles. The molecule has 2 heterocycles. The number of nitrogens with zero attached hydrogens (tertiary/aromatic N) is 3. The Hall–Kier alpha value is -1.41. The number of hydrogen-bond acceptors (Lipinski definition) is 6. The Kier molecular flexibility index (Phi) is 6.00. The van der Waals surface area contributed by atoms with E-state index in [1.807, 2.05) is 19.2 Å². The maximum Gasteiger partial charge on any atom is 0.230 e. The third kappa shape index (κ3) is 4.93. The van der Waals surface area contributed by atoms with Gasteiger partial charge in [-0.05, 0) is 12.1 Å². The van der Waals surface area contributed by atoms with E-state index in [1.165, 1.54) is 11.8 Å². The lowest BCUT2D eigenvalue weighted by atomic mass is 10.5. The van der Waals surface area contributed by atoms with E-state index in [-0.39, 0.29) is 5.91 Å². The molecule has 0 saturated carbocycles. The van der Waals surface area contributed by atoms with Crippen molar-refractivity contribution < 1.29 is 9.21 Å². The molecule has 0 aliphatic heterocycles. The zero-order valence-electron chi connectivity index (χ0n) is 11.1. The molecule has 8 heteroatoms. The van der Waals surface area contributed by atoms with E-state index in [4.69, 9.17) is 4.42 Å². The molecule has 0 aliphatic carbocycles. The molecule has 20 heavy (non-hydrogen) atoms. The second-order valence-corrected chi connectivity index (χ2v) is 6.04. The van der Waals surface area contributed by atoms with Gasteiger partial charge in [-0.15, -0.1) is 10.2 Å².